The molecule has 0 saturated heterocycles. The highest BCUT2D eigenvalue weighted by atomic mass is 19.1. The molecule has 0 spiro atoms. The molecule has 152 valence electrons. The fraction of sp³-hybridized carbons (Fsp3) is 0.391. The lowest BCUT2D eigenvalue weighted by molar-refractivity contribution is -0.129. The van der Waals surface area contributed by atoms with E-state index in [0.29, 0.717) is 35.4 Å². The summed E-state index contributed by atoms with van der Waals surface area (Å²) in [6.07, 6.45) is 3.88. The van der Waals surface area contributed by atoms with Crippen LogP contribution in [0.2, 0.25) is 0 Å². The van der Waals surface area contributed by atoms with Gasteiger partial charge in [-0.3, -0.25) is 9.59 Å². The summed E-state index contributed by atoms with van der Waals surface area (Å²) >= 11 is 0. The molecule has 2 aromatic rings. The van der Waals surface area contributed by atoms with E-state index in [0.717, 1.165) is 24.8 Å². The Morgan fingerprint density at radius 2 is 1.93 bits per heavy atom. The standard InChI is InChI=1S/C23H25FN2O3/c1-15-9-10-16(13-20(15)29-2)25-22(28)23(11-4-3-5-12-23)26-14-18-17(21(26)27)7-6-8-19(18)24/h6-10,13H,3-5,11-12,14H2,1-2H3,(H,25,28). The van der Waals surface area contributed by atoms with Gasteiger partial charge in [0.25, 0.3) is 5.91 Å². The molecule has 1 fully saturated rings. The molecule has 0 bridgehead atoms. The van der Waals surface area contributed by atoms with Crippen molar-refractivity contribution in [1.29, 1.82) is 0 Å². The molecule has 1 N–H and O–H groups in total. The average molecular weight is 396 g/mol. The Labute approximate surface area is 169 Å². The van der Waals surface area contributed by atoms with Crippen LogP contribution in [0.25, 0.3) is 0 Å². The number of amides is 2. The predicted molar refractivity (Wildman–Crippen MR) is 108 cm³/mol. The van der Waals surface area contributed by atoms with Crippen LogP contribution in [0, 0.1) is 12.7 Å². The first-order valence-electron chi connectivity index (χ1n) is 10.0. The topological polar surface area (TPSA) is 58.6 Å². The molecule has 1 saturated carbocycles. The van der Waals surface area contributed by atoms with Gasteiger partial charge in [-0.2, -0.15) is 0 Å². The Morgan fingerprint density at radius 3 is 2.62 bits per heavy atom. The smallest absolute Gasteiger partial charge is 0.255 e. The molecule has 2 aromatic carbocycles. The number of hydrogen-bond acceptors (Lipinski definition) is 3. The number of benzene rings is 2. The molecule has 0 aromatic heterocycles. The van der Waals surface area contributed by atoms with Crippen molar-refractivity contribution in [3.63, 3.8) is 0 Å². The van der Waals surface area contributed by atoms with E-state index in [4.69, 9.17) is 4.74 Å². The highest BCUT2D eigenvalue weighted by Crippen LogP contribution is 2.40. The summed E-state index contributed by atoms with van der Waals surface area (Å²) in [5.41, 5.74) is 1.36. The number of ether oxygens (including phenoxy) is 1. The number of halogens is 1. The zero-order valence-corrected chi connectivity index (χ0v) is 16.8. The monoisotopic (exact) mass is 396 g/mol. The van der Waals surface area contributed by atoms with Crippen molar-refractivity contribution in [2.75, 3.05) is 12.4 Å². The summed E-state index contributed by atoms with van der Waals surface area (Å²) < 4.78 is 19.7. The maximum atomic E-state index is 14.3. The zero-order valence-electron chi connectivity index (χ0n) is 16.8. The van der Waals surface area contributed by atoms with E-state index < -0.39 is 11.4 Å². The number of nitrogens with zero attached hydrogens (tertiary/aromatic N) is 1. The molecule has 4 rings (SSSR count). The van der Waals surface area contributed by atoms with E-state index in [1.165, 1.54) is 6.07 Å². The molecule has 6 heteroatoms. The Morgan fingerprint density at radius 1 is 1.17 bits per heavy atom. The van der Waals surface area contributed by atoms with E-state index in [1.807, 2.05) is 19.1 Å². The predicted octanol–water partition coefficient (Wildman–Crippen LogP) is 4.44. The highest BCUT2D eigenvalue weighted by Gasteiger charge is 2.50. The molecule has 2 aliphatic rings. The van der Waals surface area contributed by atoms with Crippen molar-refractivity contribution < 1.29 is 18.7 Å². The van der Waals surface area contributed by atoms with Gasteiger partial charge in [-0.15, -0.1) is 0 Å². The van der Waals surface area contributed by atoms with Crippen molar-refractivity contribution >= 4 is 17.5 Å². The lowest BCUT2D eigenvalue weighted by Crippen LogP contribution is -2.58. The van der Waals surface area contributed by atoms with E-state index in [1.54, 1.807) is 30.2 Å². The fourth-order valence-electron chi connectivity index (χ4n) is 4.54. The summed E-state index contributed by atoms with van der Waals surface area (Å²) in [5.74, 6) is -0.192. The number of rotatable bonds is 4. The first-order valence-corrected chi connectivity index (χ1v) is 10.0. The molecule has 0 unspecified atom stereocenters. The Balaban J connectivity index is 1.67. The highest BCUT2D eigenvalue weighted by molar-refractivity contribution is 6.05. The Hall–Kier alpha value is -2.89. The number of fused-ring (bicyclic) bond motifs is 1. The minimum Gasteiger partial charge on any atom is -0.496 e. The number of hydrogen-bond donors (Lipinski definition) is 1. The molecular formula is C23H25FN2O3. The normalized spacial score (nSPS) is 17.8. The van der Waals surface area contributed by atoms with Crippen molar-refractivity contribution in [2.45, 2.75) is 51.1 Å². The summed E-state index contributed by atoms with van der Waals surface area (Å²) in [7, 11) is 1.59. The van der Waals surface area contributed by atoms with Gasteiger partial charge in [-0.05, 0) is 43.5 Å². The molecule has 1 heterocycles. The summed E-state index contributed by atoms with van der Waals surface area (Å²) in [6, 6.07) is 10.0. The third-order valence-corrected chi connectivity index (χ3v) is 6.20. The Kier molecular flexibility index (Phi) is 5.03. The van der Waals surface area contributed by atoms with Crippen LogP contribution in [0.3, 0.4) is 0 Å². The van der Waals surface area contributed by atoms with E-state index in [2.05, 4.69) is 5.32 Å². The van der Waals surface area contributed by atoms with E-state index >= 15 is 0 Å². The number of nitrogens with one attached hydrogen (secondary N) is 1. The molecule has 5 nitrogen and oxygen atoms in total. The number of methoxy groups -OCH3 is 1. The van der Waals surface area contributed by atoms with Gasteiger partial charge in [0.05, 0.1) is 13.7 Å². The number of carbonyl (C=O) groups excluding carboxylic acids is 2. The maximum absolute atomic E-state index is 14.3. The van der Waals surface area contributed by atoms with Crippen LogP contribution >= 0.6 is 0 Å². The summed E-state index contributed by atoms with van der Waals surface area (Å²) in [6.45, 7) is 2.06. The van der Waals surface area contributed by atoms with Gasteiger partial charge in [0.15, 0.2) is 0 Å². The molecule has 29 heavy (non-hydrogen) atoms. The first kappa shape index (κ1) is 19.4. The van der Waals surface area contributed by atoms with Crippen LogP contribution in [0.4, 0.5) is 10.1 Å². The van der Waals surface area contributed by atoms with Gasteiger partial charge in [0.1, 0.15) is 17.1 Å². The minimum atomic E-state index is -0.973. The molecule has 0 radical (unpaired) electrons. The fourth-order valence-corrected chi connectivity index (χ4v) is 4.54. The zero-order chi connectivity index (χ0) is 20.6. The second-order valence-corrected chi connectivity index (χ2v) is 7.89. The summed E-state index contributed by atoms with van der Waals surface area (Å²) in [5, 5.41) is 2.99. The third-order valence-electron chi connectivity index (χ3n) is 6.20. The number of carbonyl (C=O) groups is 2. The van der Waals surface area contributed by atoms with Crippen molar-refractivity contribution in [1.82, 2.24) is 4.90 Å². The van der Waals surface area contributed by atoms with Gasteiger partial charge in [-0.25, -0.2) is 4.39 Å². The number of aryl methyl sites for hydroxylation is 1. The molecule has 1 aliphatic heterocycles. The van der Waals surface area contributed by atoms with Crippen molar-refractivity contribution in [3.05, 3.63) is 58.9 Å². The van der Waals surface area contributed by atoms with Crippen LogP contribution in [-0.2, 0) is 11.3 Å². The van der Waals surface area contributed by atoms with Gasteiger partial charge in [0.2, 0.25) is 5.91 Å². The van der Waals surface area contributed by atoms with Crippen LogP contribution in [0.15, 0.2) is 36.4 Å². The van der Waals surface area contributed by atoms with Crippen LogP contribution in [-0.4, -0.2) is 29.4 Å². The first-order chi connectivity index (χ1) is 14.0. The van der Waals surface area contributed by atoms with E-state index in [-0.39, 0.29) is 18.4 Å². The maximum Gasteiger partial charge on any atom is 0.255 e. The quantitative estimate of drug-likeness (QED) is 0.831. The molecule has 0 atom stereocenters. The molecule has 2 amide bonds. The largest absolute Gasteiger partial charge is 0.496 e. The minimum absolute atomic E-state index is 0.130. The van der Waals surface area contributed by atoms with Gasteiger partial charge in [-0.1, -0.05) is 31.4 Å². The van der Waals surface area contributed by atoms with Crippen LogP contribution in [0.1, 0.15) is 53.6 Å². The van der Waals surface area contributed by atoms with Crippen molar-refractivity contribution in [3.8, 4) is 5.75 Å². The Bertz CT molecular complexity index is 967. The van der Waals surface area contributed by atoms with Crippen molar-refractivity contribution in [2.24, 2.45) is 0 Å². The van der Waals surface area contributed by atoms with E-state index in [9.17, 15) is 14.0 Å². The molecular weight excluding hydrogens is 371 g/mol. The lowest BCUT2D eigenvalue weighted by Gasteiger charge is -2.43. The second kappa shape index (κ2) is 7.50. The SMILES string of the molecule is COc1cc(NC(=O)C2(N3Cc4c(F)cccc4C3=O)CCCCC2)ccc1C. The lowest BCUT2D eigenvalue weighted by atomic mass is 9.79. The number of anilines is 1. The van der Waals surface area contributed by atoms with Crippen LogP contribution < -0.4 is 10.1 Å². The van der Waals surface area contributed by atoms with Gasteiger partial charge < -0.3 is 15.0 Å². The van der Waals surface area contributed by atoms with Gasteiger partial charge in [0, 0.05) is 22.9 Å². The van der Waals surface area contributed by atoms with Gasteiger partial charge >= 0.3 is 0 Å². The summed E-state index contributed by atoms with van der Waals surface area (Å²) in [4.78, 5) is 28.2. The third kappa shape index (κ3) is 3.26. The average Bonchev–Trinajstić information content (AvgIpc) is 3.08. The van der Waals surface area contributed by atoms with Crippen LogP contribution in [0.5, 0.6) is 5.75 Å². The second-order valence-electron chi connectivity index (χ2n) is 7.89. The molecule has 1 aliphatic carbocycles.